The molecule has 4 unspecified atom stereocenters. The van der Waals surface area contributed by atoms with Crippen LogP contribution in [0.4, 0.5) is 0 Å². The lowest BCUT2D eigenvalue weighted by Gasteiger charge is -2.47. The number of hydrogen-bond donors (Lipinski definition) is 1. The van der Waals surface area contributed by atoms with E-state index in [1.54, 1.807) is 0 Å². The van der Waals surface area contributed by atoms with Gasteiger partial charge in [-0.25, -0.2) is 0 Å². The van der Waals surface area contributed by atoms with Crippen molar-refractivity contribution in [2.75, 3.05) is 6.61 Å². The Hall–Kier alpha value is -0.580. The fourth-order valence-electron chi connectivity index (χ4n) is 7.18. The number of fused-ring (bicyclic) bond motifs is 1. The van der Waals surface area contributed by atoms with Crippen LogP contribution in [0.3, 0.4) is 0 Å². The minimum atomic E-state index is -0.607. The van der Waals surface area contributed by atoms with E-state index in [-0.39, 0.29) is 18.1 Å². The third-order valence-electron chi connectivity index (χ3n) is 9.22. The normalized spacial score (nSPS) is 46.3. The van der Waals surface area contributed by atoms with Crippen LogP contribution in [0.1, 0.15) is 78.6 Å². The first-order valence-electron chi connectivity index (χ1n) is 12.6. The lowest BCUT2D eigenvalue weighted by Crippen LogP contribution is -2.48. The van der Waals surface area contributed by atoms with Crippen molar-refractivity contribution < 1.29 is 19.7 Å². The van der Waals surface area contributed by atoms with E-state index >= 15 is 0 Å². The first kappa shape index (κ1) is 22.6. The van der Waals surface area contributed by atoms with Gasteiger partial charge in [-0.3, -0.25) is 0 Å². The summed E-state index contributed by atoms with van der Waals surface area (Å²) in [7, 11) is 0. The maximum Gasteiger partial charge on any atom is 0.0858 e. The van der Waals surface area contributed by atoms with Crippen molar-refractivity contribution in [1.82, 2.24) is 0 Å². The van der Waals surface area contributed by atoms with Crippen LogP contribution in [0.2, 0.25) is 0 Å². The van der Waals surface area contributed by atoms with Gasteiger partial charge in [0.05, 0.1) is 30.7 Å². The molecular weight excluding hydrogens is 376 g/mol. The van der Waals surface area contributed by atoms with E-state index in [4.69, 9.17) is 9.47 Å². The Kier molecular flexibility index (Phi) is 7.16. The summed E-state index contributed by atoms with van der Waals surface area (Å²) >= 11 is 0. The van der Waals surface area contributed by atoms with E-state index in [1.807, 2.05) is 0 Å². The molecule has 0 aromatic heterocycles. The van der Waals surface area contributed by atoms with Gasteiger partial charge in [0.1, 0.15) is 0 Å². The minimum absolute atomic E-state index is 0.0854. The van der Waals surface area contributed by atoms with E-state index in [0.29, 0.717) is 35.5 Å². The molecule has 172 valence electrons. The molecule has 2 aliphatic heterocycles. The fraction of sp³-hybridized carbons (Fsp3) is 0.923. The van der Waals surface area contributed by atoms with Gasteiger partial charge in [0.2, 0.25) is 0 Å². The second-order valence-corrected chi connectivity index (χ2v) is 11.2. The molecule has 4 aliphatic rings. The zero-order valence-electron chi connectivity index (χ0n) is 19.3. The summed E-state index contributed by atoms with van der Waals surface area (Å²) in [5.41, 5.74) is 0. The molecule has 30 heavy (non-hydrogen) atoms. The van der Waals surface area contributed by atoms with Gasteiger partial charge >= 0.3 is 0 Å². The van der Waals surface area contributed by atoms with Gasteiger partial charge in [-0.15, -0.1) is 0 Å². The van der Waals surface area contributed by atoms with Crippen LogP contribution in [-0.2, 0) is 9.47 Å². The standard InChI is InChI=1S/C26H43O4/c1-15-5-11-22(23-14-29-17(3)6-12-21(15)23)18(4)24(28)26-25(30-26)20-9-7-19(8-10-20)13-16(2)27/h15,17-27H,2,5-14H2,1,3-4H3/q-1/t15-,17?,18-,19?,20?,21+,22+,23?,24+,25?,26?/m1/s1. The lowest BCUT2D eigenvalue weighted by molar-refractivity contribution is -0.440. The molecule has 4 fully saturated rings. The molecule has 9 atom stereocenters. The van der Waals surface area contributed by atoms with Gasteiger partial charge in [0, 0.05) is 6.42 Å². The molecule has 0 aromatic carbocycles. The Bertz CT molecular complexity index is 584. The van der Waals surface area contributed by atoms with Gasteiger partial charge < -0.3 is 19.7 Å². The maximum atomic E-state index is 13.4. The molecule has 0 radical (unpaired) electrons. The van der Waals surface area contributed by atoms with Crippen molar-refractivity contribution in [3.63, 3.8) is 0 Å². The summed E-state index contributed by atoms with van der Waals surface area (Å²) in [6.45, 7) is 11.3. The number of aliphatic hydroxyl groups is 1. The third-order valence-corrected chi connectivity index (χ3v) is 9.22. The molecule has 4 nitrogen and oxygen atoms in total. The smallest absolute Gasteiger partial charge is 0.0858 e. The second kappa shape index (κ2) is 9.50. The first-order chi connectivity index (χ1) is 14.3. The van der Waals surface area contributed by atoms with Gasteiger partial charge in [0.15, 0.2) is 0 Å². The van der Waals surface area contributed by atoms with Crippen LogP contribution < -0.4 is 5.11 Å². The molecule has 1 N–H and O–H groups in total. The predicted octanol–water partition coefficient (Wildman–Crippen LogP) is 4.86. The molecular formula is C26H43O4-. The van der Waals surface area contributed by atoms with Gasteiger partial charge in [-0.1, -0.05) is 38.9 Å². The fourth-order valence-corrected chi connectivity index (χ4v) is 7.18. The summed E-state index contributed by atoms with van der Waals surface area (Å²) in [5.74, 6) is 4.05. The molecule has 0 spiro atoms. The molecule has 4 rings (SSSR count). The Balaban J connectivity index is 1.32. The van der Waals surface area contributed by atoms with Gasteiger partial charge in [0.25, 0.3) is 0 Å². The summed E-state index contributed by atoms with van der Waals surface area (Å²) in [4.78, 5) is 0. The quantitative estimate of drug-likeness (QED) is 0.493. The minimum Gasteiger partial charge on any atom is -0.850 e. The number of ether oxygens (including phenoxy) is 2. The molecule has 0 aromatic rings. The predicted molar refractivity (Wildman–Crippen MR) is 117 cm³/mol. The highest BCUT2D eigenvalue weighted by Gasteiger charge is 2.50. The zero-order chi connectivity index (χ0) is 21.4. The Morgan fingerprint density at radius 2 is 1.77 bits per heavy atom. The van der Waals surface area contributed by atoms with Crippen LogP contribution in [0.15, 0.2) is 12.3 Å². The average molecular weight is 420 g/mol. The van der Waals surface area contributed by atoms with Crippen LogP contribution >= 0.6 is 0 Å². The van der Waals surface area contributed by atoms with E-state index in [9.17, 15) is 10.2 Å². The number of rotatable bonds is 6. The monoisotopic (exact) mass is 419 g/mol. The number of allylic oxidation sites excluding steroid dienone is 1. The molecule has 2 heterocycles. The summed E-state index contributed by atoms with van der Waals surface area (Å²) < 4.78 is 12.2. The van der Waals surface area contributed by atoms with Crippen LogP contribution in [0, 0.1) is 41.4 Å². The SMILES string of the molecule is C=C(O)CC1CCC(C2OC2[C@@H]([O-])[C@H](C)[C@@H]2CC[C@@H](C)[C@@H]3CCC(C)OCC23)CC1. The van der Waals surface area contributed by atoms with Crippen molar-refractivity contribution in [1.29, 1.82) is 0 Å². The van der Waals surface area contributed by atoms with Crippen LogP contribution in [0.25, 0.3) is 0 Å². The van der Waals surface area contributed by atoms with Crippen molar-refractivity contribution in [2.24, 2.45) is 41.4 Å². The molecule has 4 heteroatoms. The average Bonchev–Trinajstić information content (AvgIpc) is 3.52. The topological polar surface area (TPSA) is 65.0 Å². The zero-order valence-corrected chi connectivity index (χ0v) is 19.3. The highest BCUT2D eigenvalue weighted by atomic mass is 16.6. The van der Waals surface area contributed by atoms with E-state index in [1.165, 1.54) is 19.3 Å². The highest BCUT2D eigenvalue weighted by molar-refractivity contribution is 5.00. The van der Waals surface area contributed by atoms with Gasteiger partial charge in [-0.2, -0.15) is 0 Å². The Labute approximate surface area is 183 Å². The summed E-state index contributed by atoms with van der Waals surface area (Å²) in [5, 5.41) is 22.9. The molecule has 0 bridgehead atoms. The third kappa shape index (κ3) is 4.91. The molecule has 0 amide bonds. The Morgan fingerprint density at radius 3 is 2.47 bits per heavy atom. The lowest BCUT2D eigenvalue weighted by atomic mass is 9.62. The summed E-state index contributed by atoms with van der Waals surface area (Å²) in [6, 6.07) is 0. The van der Waals surface area contributed by atoms with Crippen molar-refractivity contribution in [3.8, 4) is 0 Å². The number of epoxide rings is 1. The van der Waals surface area contributed by atoms with Crippen LogP contribution in [0.5, 0.6) is 0 Å². The maximum absolute atomic E-state index is 13.4. The summed E-state index contributed by atoms with van der Waals surface area (Å²) in [6.07, 6.45) is 9.90. The molecule has 2 saturated heterocycles. The molecule has 2 saturated carbocycles. The number of hydrogen-bond acceptors (Lipinski definition) is 4. The first-order valence-corrected chi connectivity index (χ1v) is 12.6. The number of aliphatic hydroxyl groups excluding tert-OH is 1. The van der Waals surface area contributed by atoms with E-state index < -0.39 is 6.10 Å². The van der Waals surface area contributed by atoms with Crippen molar-refractivity contribution >= 4 is 0 Å². The van der Waals surface area contributed by atoms with E-state index in [0.717, 1.165) is 57.0 Å². The van der Waals surface area contributed by atoms with Gasteiger partial charge in [-0.05, 0) is 87.4 Å². The largest absolute Gasteiger partial charge is 0.850 e. The highest BCUT2D eigenvalue weighted by Crippen LogP contribution is 2.49. The van der Waals surface area contributed by atoms with E-state index in [2.05, 4.69) is 27.4 Å². The Morgan fingerprint density at radius 1 is 1.03 bits per heavy atom. The van der Waals surface area contributed by atoms with Crippen LogP contribution in [-0.4, -0.2) is 36.1 Å². The van der Waals surface area contributed by atoms with Crippen molar-refractivity contribution in [2.45, 2.75) is 103 Å². The second-order valence-electron chi connectivity index (χ2n) is 11.2. The molecule has 2 aliphatic carbocycles. The van der Waals surface area contributed by atoms with Crippen molar-refractivity contribution in [3.05, 3.63) is 12.3 Å².